The summed E-state index contributed by atoms with van der Waals surface area (Å²) in [6, 6.07) is 3.23. The first kappa shape index (κ1) is 17.5. The first-order chi connectivity index (χ1) is 11.1. The van der Waals surface area contributed by atoms with E-state index < -0.39 is 11.6 Å². The maximum atomic E-state index is 13.5. The fourth-order valence-corrected chi connectivity index (χ4v) is 2.89. The molecular formula is C16H19F2N3OS. The molecule has 2 rings (SSSR count). The van der Waals surface area contributed by atoms with Gasteiger partial charge in [0, 0.05) is 12.8 Å². The van der Waals surface area contributed by atoms with Crippen molar-refractivity contribution in [3.63, 3.8) is 0 Å². The minimum Gasteiger partial charge on any atom is -0.301 e. The van der Waals surface area contributed by atoms with E-state index in [-0.39, 0.29) is 24.3 Å². The molecule has 0 saturated heterocycles. The highest BCUT2D eigenvalue weighted by Gasteiger charge is 2.10. The third-order valence-corrected chi connectivity index (χ3v) is 4.24. The lowest BCUT2D eigenvalue weighted by Crippen LogP contribution is -2.12. The normalized spacial score (nSPS) is 10.7. The van der Waals surface area contributed by atoms with Crippen molar-refractivity contribution in [1.82, 2.24) is 10.2 Å². The summed E-state index contributed by atoms with van der Waals surface area (Å²) < 4.78 is 26.5. The molecule has 0 fully saturated rings. The summed E-state index contributed by atoms with van der Waals surface area (Å²) in [5.41, 5.74) is 0.192. The van der Waals surface area contributed by atoms with E-state index in [2.05, 4.69) is 22.4 Å². The van der Waals surface area contributed by atoms with Crippen LogP contribution in [0, 0.1) is 11.6 Å². The molecule has 124 valence electrons. The van der Waals surface area contributed by atoms with Gasteiger partial charge in [0.05, 0.1) is 0 Å². The van der Waals surface area contributed by atoms with Gasteiger partial charge in [0.25, 0.3) is 0 Å². The monoisotopic (exact) mass is 339 g/mol. The Labute approximate surface area is 137 Å². The topological polar surface area (TPSA) is 54.9 Å². The average molecular weight is 339 g/mol. The number of benzene rings is 1. The van der Waals surface area contributed by atoms with Gasteiger partial charge in [-0.3, -0.25) is 4.79 Å². The summed E-state index contributed by atoms with van der Waals surface area (Å²) in [6.07, 6.45) is 4.38. The summed E-state index contributed by atoms with van der Waals surface area (Å²) in [4.78, 5) is 11.9. The summed E-state index contributed by atoms with van der Waals surface area (Å²) >= 11 is 1.35. The number of nitrogens with zero attached hydrogens (tertiary/aromatic N) is 2. The maximum absolute atomic E-state index is 13.5. The van der Waals surface area contributed by atoms with Gasteiger partial charge >= 0.3 is 0 Å². The SMILES string of the molecule is CCCCCc1nnc(NC(=O)CCc2cc(F)ccc2F)s1. The number of rotatable bonds is 8. The Balaban J connectivity index is 1.81. The van der Waals surface area contributed by atoms with Crippen LogP contribution < -0.4 is 5.32 Å². The molecule has 23 heavy (non-hydrogen) atoms. The van der Waals surface area contributed by atoms with Crippen LogP contribution in [-0.2, 0) is 17.6 Å². The van der Waals surface area contributed by atoms with Crippen LogP contribution in [0.4, 0.5) is 13.9 Å². The molecule has 0 unspecified atom stereocenters. The third-order valence-electron chi connectivity index (χ3n) is 3.34. The zero-order valence-electron chi connectivity index (χ0n) is 12.9. The first-order valence-electron chi connectivity index (χ1n) is 7.64. The zero-order valence-corrected chi connectivity index (χ0v) is 13.8. The van der Waals surface area contributed by atoms with Crippen LogP contribution in [0.1, 0.15) is 43.2 Å². The predicted octanol–water partition coefficient (Wildman–Crippen LogP) is 4.12. The molecule has 1 amide bonds. The van der Waals surface area contributed by atoms with E-state index in [9.17, 15) is 13.6 Å². The van der Waals surface area contributed by atoms with E-state index in [4.69, 9.17) is 0 Å². The summed E-state index contributed by atoms with van der Waals surface area (Å²) in [5, 5.41) is 11.9. The van der Waals surface area contributed by atoms with Gasteiger partial charge < -0.3 is 5.32 Å². The van der Waals surface area contributed by atoms with Crippen molar-refractivity contribution in [2.45, 2.75) is 45.4 Å². The molecular weight excluding hydrogens is 320 g/mol. The van der Waals surface area contributed by atoms with Crippen molar-refractivity contribution >= 4 is 22.4 Å². The third kappa shape index (κ3) is 5.67. The van der Waals surface area contributed by atoms with Crippen LogP contribution in [0.25, 0.3) is 0 Å². The smallest absolute Gasteiger partial charge is 0.226 e. The minimum atomic E-state index is -0.511. The van der Waals surface area contributed by atoms with Crippen LogP contribution in [-0.4, -0.2) is 16.1 Å². The van der Waals surface area contributed by atoms with E-state index >= 15 is 0 Å². The molecule has 0 atom stereocenters. The Bertz CT molecular complexity index is 661. The molecule has 0 spiro atoms. The number of aryl methyl sites for hydroxylation is 2. The largest absolute Gasteiger partial charge is 0.301 e. The Kier molecular flexibility index (Phi) is 6.58. The number of carbonyl (C=O) groups is 1. The molecule has 0 aliphatic carbocycles. The number of nitrogens with one attached hydrogen (secondary N) is 1. The van der Waals surface area contributed by atoms with E-state index in [1.54, 1.807) is 0 Å². The molecule has 4 nitrogen and oxygen atoms in total. The zero-order chi connectivity index (χ0) is 16.7. The molecule has 1 N–H and O–H groups in total. The van der Waals surface area contributed by atoms with Gasteiger partial charge in [-0.2, -0.15) is 0 Å². The van der Waals surface area contributed by atoms with E-state index in [0.717, 1.165) is 48.9 Å². The van der Waals surface area contributed by atoms with Crippen molar-refractivity contribution in [2.24, 2.45) is 0 Å². The molecule has 0 aliphatic heterocycles. The molecule has 1 aromatic carbocycles. The van der Waals surface area contributed by atoms with Crippen LogP contribution in [0.2, 0.25) is 0 Å². The van der Waals surface area contributed by atoms with Gasteiger partial charge in [-0.15, -0.1) is 10.2 Å². The van der Waals surface area contributed by atoms with Gasteiger partial charge in [0.15, 0.2) is 0 Å². The van der Waals surface area contributed by atoms with Crippen LogP contribution >= 0.6 is 11.3 Å². The van der Waals surface area contributed by atoms with Crippen LogP contribution in [0.3, 0.4) is 0 Å². The lowest BCUT2D eigenvalue weighted by atomic mass is 10.1. The standard InChI is InChI=1S/C16H19F2N3OS/c1-2-3-4-5-15-20-21-16(23-15)19-14(22)9-6-11-10-12(17)7-8-13(11)18/h7-8,10H,2-6,9H2,1H3,(H,19,21,22). The van der Waals surface area contributed by atoms with Gasteiger partial charge in [0.1, 0.15) is 16.6 Å². The lowest BCUT2D eigenvalue weighted by Gasteiger charge is -2.03. The highest BCUT2D eigenvalue weighted by molar-refractivity contribution is 7.15. The van der Waals surface area contributed by atoms with Gasteiger partial charge in [-0.25, -0.2) is 8.78 Å². The van der Waals surface area contributed by atoms with Crippen LogP contribution in [0.5, 0.6) is 0 Å². The number of aromatic nitrogens is 2. The molecule has 1 aromatic heterocycles. The first-order valence-corrected chi connectivity index (χ1v) is 8.46. The molecule has 7 heteroatoms. The second-order valence-electron chi connectivity index (χ2n) is 5.24. The van der Waals surface area contributed by atoms with E-state index in [0.29, 0.717) is 5.13 Å². The van der Waals surface area contributed by atoms with Gasteiger partial charge in [-0.05, 0) is 36.6 Å². The fourth-order valence-electron chi connectivity index (χ4n) is 2.10. The van der Waals surface area contributed by atoms with Gasteiger partial charge in [-0.1, -0.05) is 31.1 Å². The molecule has 2 aromatic rings. The molecule has 0 saturated carbocycles. The Morgan fingerprint density at radius 3 is 2.83 bits per heavy atom. The minimum absolute atomic E-state index is 0.0606. The summed E-state index contributed by atoms with van der Waals surface area (Å²) in [5.74, 6) is -1.30. The molecule has 0 radical (unpaired) electrons. The van der Waals surface area contributed by atoms with E-state index in [1.807, 2.05) is 0 Å². The number of anilines is 1. The molecule has 1 heterocycles. The highest BCUT2D eigenvalue weighted by Crippen LogP contribution is 2.18. The summed E-state index contributed by atoms with van der Waals surface area (Å²) in [6.45, 7) is 2.13. The van der Waals surface area contributed by atoms with Crippen molar-refractivity contribution in [3.05, 3.63) is 40.4 Å². The number of carbonyl (C=O) groups excluding carboxylic acids is 1. The van der Waals surface area contributed by atoms with Crippen molar-refractivity contribution in [2.75, 3.05) is 5.32 Å². The number of amides is 1. The van der Waals surface area contributed by atoms with Crippen LogP contribution in [0.15, 0.2) is 18.2 Å². The predicted molar refractivity (Wildman–Crippen MR) is 86.4 cm³/mol. The maximum Gasteiger partial charge on any atom is 0.226 e. The van der Waals surface area contributed by atoms with Crippen molar-refractivity contribution in [1.29, 1.82) is 0 Å². The van der Waals surface area contributed by atoms with Crippen molar-refractivity contribution in [3.8, 4) is 0 Å². The Morgan fingerprint density at radius 1 is 1.22 bits per heavy atom. The Hall–Kier alpha value is -1.89. The second kappa shape index (κ2) is 8.67. The van der Waals surface area contributed by atoms with Gasteiger partial charge in [0.2, 0.25) is 11.0 Å². The second-order valence-corrected chi connectivity index (χ2v) is 6.30. The average Bonchev–Trinajstić information content (AvgIpc) is 2.96. The number of halogens is 2. The Morgan fingerprint density at radius 2 is 2.04 bits per heavy atom. The molecule has 0 bridgehead atoms. The number of hydrogen-bond donors (Lipinski definition) is 1. The fraction of sp³-hybridized carbons (Fsp3) is 0.438. The number of hydrogen-bond acceptors (Lipinski definition) is 4. The highest BCUT2D eigenvalue weighted by atomic mass is 32.1. The summed E-state index contributed by atoms with van der Waals surface area (Å²) in [7, 11) is 0. The van der Waals surface area contributed by atoms with Crippen molar-refractivity contribution < 1.29 is 13.6 Å². The van der Waals surface area contributed by atoms with E-state index in [1.165, 1.54) is 11.3 Å². The quantitative estimate of drug-likeness (QED) is 0.736. The molecule has 0 aliphatic rings. The lowest BCUT2D eigenvalue weighted by molar-refractivity contribution is -0.116. The number of unbranched alkanes of at least 4 members (excludes halogenated alkanes) is 2.